The first kappa shape index (κ1) is 20.5. The molecule has 0 aliphatic carbocycles. The second-order valence-corrected chi connectivity index (χ2v) is 6.95. The minimum atomic E-state index is -0.498. The molecule has 1 saturated heterocycles. The zero-order valence-electron chi connectivity index (χ0n) is 16.6. The summed E-state index contributed by atoms with van der Waals surface area (Å²) in [6.45, 7) is 3.83. The number of carbonyl (C=O) groups is 2. The number of nitrogens with one attached hydrogen (secondary N) is 2. The lowest BCUT2D eigenvalue weighted by atomic mass is 10.1. The normalized spacial score (nSPS) is 17.0. The van der Waals surface area contributed by atoms with Gasteiger partial charge in [-0.05, 0) is 25.6 Å². The molecule has 1 aromatic heterocycles. The van der Waals surface area contributed by atoms with Gasteiger partial charge in [0.15, 0.2) is 0 Å². The molecular formula is C20H25N5O4. The van der Waals surface area contributed by atoms with E-state index in [1.807, 2.05) is 43.1 Å². The molecule has 29 heavy (non-hydrogen) atoms. The van der Waals surface area contributed by atoms with Gasteiger partial charge in [-0.3, -0.25) is 19.3 Å². The summed E-state index contributed by atoms with van der Waals surface area (Å²) in [5.41, 5.74) is 0.520. The first-order valence-electron chi connectivity index (χ1n) is 9.45. The summed E-state index contributed by atoms with van der Waals surface area (Å²) in [5, 5.41) is 2.86. The van der Waals surface area contributed by atoms with E-state index in [1.54, 1.807) is 0 Å². The molecule has 9 heteroatoms. The highest BCUT2D eigenvalue weighted by molar-refractivity contribution is 5.94. The Hall–Kier alpha value is -3.20. The minimum absolute atomic E-state index is 0.0251. The summed E-state index contributed by atoms with van der Waals surface area (Å²) in [6, 6.07) is 7.19. The van der Waals surface area contributed by atoms with E-state index in [-0.39, 0.29) is 18.0 Å². The molecule has 2 aromatic rings. The molecule has 2 N–H and O–H groups in total. The second kappa shape index (κ2) is 9.33. The van der Waals surface area contributed by atoms with Crippen molar-refractivity contribution in [3.63, 3.8) is 0 Å². The van der Waals surface area contributed by atoms with Gasteiger partial charge in [-0.1, -0.05) is 18.2 Å². The number of piperazine rings is 1. The Labute approximate surface area is 168 Å². The van der Waals surface area contributed by atoms with Crippen molar-refractivity contribution in [2.45, 2.75) is 13.0 Å². The molecule has 1 fully saturated rings. The largest absolute Gasteiger partial charge is 0.491 e. The number of rotatable bonds is 6. The van der Waals surface area contributed by atoms with Crippen LogP contribution >= 0.6 is 0 Å². The molecule has 1 aromatic carbocycles. The number of amides is 2. The molecular weight excluding hydrogens is 374 g/mol. The van der Waals surface area contributed by atoms with Gasteiger partial charge in [-0.15, -0.1) is 0 Å². The Balaban J connectivity index is 1.54. The molecule has 9 nitrogen and oxygen atoms in total. The topological polar surface area (TPSA) is 108 Å². The van der Waals surface area contributed by atoms with Crippen LogP contribution in [-0.2, 0) is 4.79 Å². The van der Waals surface area contributed by atoms with E-state index < -0.39 is 17.5 Å². The summed E-state index contributed by atoms with van der Waals surface area (Å²) >= 11 is 0. The van der Waals surface area contributed by atoms with Crippen LogP contribution in [0.25, 0.3) is 0 Å². The van der Waals surface area contributed by atoms with Gasteiger partial charge in [0.2, 0.25) is 5.91 Å². The minimum Gasteiger partial charge on any atom is -0.491 e. The van der Waals surface area contributed by atoms with Crippen molar-refractivity contribution < 1.29 is 14.3 Å². The Kier molecular flexibility index (Phi) is 6.61. The SMILES string of the molecule is Cc1ccccc1OCCNC(=O)[C@H]1CN(C(=O)c2cnc[nH]c2=O)CCN1C. The van der Waals surface area contributed by atoms with E-state index in [0.717, 1.165) is 11.3 Å². The molecule has 0 spiro atoms. The van der Waals surface area contributed by atoms with Crippen LogP contribution in [0.2, 0.25) is 0 Å². The molecule has 3 rings (SSSR count). The number of likely N-dealkylation sites (N-methyl/N-ethyl adjacent to an activating group) is 1. The Morgan fingerprint density at radius 1 is 1.31 bits per heavy atom. The van der Waals surface area contributed by atoms with Gasteiger partial charge in [0.1, 0.15) is 24.0 Å². The average molecular weight is 399 g/mol. The zero-order valence-corrected chi connectivity index (χ0v) is 16.6. The van der Waals surface area contributed by atoms with Crippen molar-refractivity contribution in [2.24, 2.45) is 0 Å². The molecule has 154 valence electrons. The Morgan fingerprint density at radius 2 is 2.10 bits per heavy atom. The van der Waals surface area contributed by atoms with Crippen molar-refractivity contribution in [3.05, 3.63) is 58.3 Å². The molecule has 1 aliphatic rings. The smallest absolute Gasteiger partial charge is 0.263 e. The van der Waals surface area contributed by atoms with E-state index >= 15 is 0 Å². The lowest BCUT2D eigenvalue weighted by Gasteiger charge is -2.38. The highest BCUT2D eigenvalue weighted by Gasteiger charge is 2.33. The molecule has 0 saturated carbocycles. The lowest BCUT2D eigenvalue weighted by molar-refractivity contribution is -0.127. The third-order valence-electron chi connectivity index (χ3n) is 4.94. The number of H-pyrrole nitrogens is 1. The number of nitrogens with zero attached hydrogens (tertiary/aromatic N) is 3. The molecule has 1 aliphatic heterocycles. The number of benzene rings is 1. The van der Waals surface area contributed by atoms with Crippen LogP contribution in [0.5, 0.6) is 5.75 Å². The quantitative estimate of drug-likeness (QED) is 0.664. The third-order valence-corrected chi connectivity index (χ3v) is 4.94. The van der Waals surface area contributed by atoms with Gasteiger partial charge in [0, 0.05) is 25.8 Å². The van der Waals surface area contributed by atoms with Crippen molar-refractivity contribution in [1.82, 2.24) is 25.1 Å². The molecule has 1 atom stereocenters. The fraction of sp³-hybridized carbons (Fsp3) is 0.400. The van der Waals surface area contributed by atoms with Crippen LogP contribution in [0.15, 0.2) is 41.6 Å². The highest BCUT2D eigenvalue weighted by atomic mass is 16.5. The van der Waals surface area contributed by atoms with Crippen molar-refractivity contribution in [2.75, 3.05) is 39.8 Å². The number of para-hydroxylation sites is 1. The summed E-state index contributed by atoms with van der Waals surface area (Å²) in [5.74, 6) is 0.182. The van der Waals surface area contributed by atoms with E-state index in [4.69, 9.17) is 4.74 Å². The number of carbonyl (C=O) groups excluding carboxylic acids is 2. The van der Waals surface area contributed by atoms with Crippen LogP contribution in [0.4, 0.5) is 0 Å². The lowest BCUT2D eigenvalue weighted by Crippen LogP contribution is -2.59. The third kappa shape index (κ3) is 5.00. The van der Waals surface area contributed by atoms with Crippen molar-refractivity contribution in [3.8, 4) is 5.75 Å². The molecule has 0 radical (unpaired) electrons. The number of aryl methyl sites for hydroxylation is 1. The van der Waals surface area contributed by atoms with E-state index in [2.05, 4.69) is 15.3 Å². The van der Waals surface area contributed by atoms with Gasteiger partial charge < -0.3 is 19.9 Å². The van der Waals surface area contributed by atoms with E-state index in [1.165, 1.54) is 17.4 Å². The molecule has 0 bridgehead atoms. The molecule has 2 amide bonds. The maximum absolute atomic E-state index is 12.6. The van der Waals surface area contributed by atoms with Crippen LogP contribution in [-0.4, -0.2) is 77.5 Å². The van der Waals surface area contributed by atoms with Crippen molar-refractivity contribution >= 4 is 11.8 Å². The fourth-order valence-electron chi connectivity index (χ4n) is 3.18. The zero-order chi connectivity index (χ0) is 20.8. The predicted octanol–water partition coefficient (Wildman–Crippen LogP) is 0.0297. The van der Waals surface area contributed by atoms with Crippen molar-refractivity contribution in [1.29, 1.82) is 0 Å². The molecule has 0 unspecified atom stereocenters. The number of aromatic amines is 1. The maximum atomic E-state index is 12.6. The van der Waals surface area contributed by atoms with Crippen LogP contribution in [0.1, 0.15) is 15.9 Å². The van der Waals surface area contributed by atoms with Gasteiger partial charge in [-0.25, -0.2) is 4.98 Å². The van der Waals surface area contributed by atoms with E-state index in [9.17, 15) is 14.4 Å². The van der Waals surface area contributed by atoms with Gasteiger partial charge in [-0.2, -0.15) is 0 Å². The maximum Gasteiger partial charge on any atom is 0.263 e. The standard InChI is InChI=1S/C20H25N5O4/c1-14-5-3-4-6-17(14)29-10-7-22-19(27)16-12-25(9-8-24(16)2)20(28)15-11-21-13-23-18(15)26/h3-6,11,13,16H,7-10,12H2,1-2H3,(H,22,27)(H,21,23,26)/t16-/m1/s1. The second-order valence-electron chi connectivity index (χ2n) is 6.95. The van der Waals surface area contributed by atoms with Gasteiger partial charge in [0.05, 0.1) is 12.9 Å². The number of hydrogen-bond acceptors (Lipinski definition) is 6. The summed E-state index contributed by atoms with van der Waals surface area (Å²) < 4.78 is 5.69. The first-order valence-corrected chi connectivity index (χ1v) is 9.45. The highest BCUT2D eigenvalue weighted by Crippen LogP contribution is 2.15. The number of ether oxygens (including phenoxy) is 1. The van der Waals surface area contributed by atoms with Crippen LogP contribution in [0.3, 0.4) is 0 Å². The van der Waals surface area contributed by atoms with Gasteiger partial charge in [0.25, 0.3) is 11.5 Å². The summed E-state index contributed by atoms with van der Waals surface area (Å²) in [6.07, 6.45) is 2.48. The summed E-state index contributed by atoms with van der Waals surface area (Å²) in [4.78, 5) is 46.7. The Morgan fingerprint density at radius 3 is 2.86 bits per heavy atom. The predicted molar refractivity (Wildman–Crippen MR) is 107 cm³/mol. The first-order chi connectivity index (χ1) is 14.0. The monoisotopic (exact) mass is 399 g/mol. The Bertz CT molecular complexity index is 929. The number of hydrogen-bond donors (Lipinski definition) is 2. The summed E-state index contributed by atoms with van der Waals surface area (Å²) in [7, 11) is 1.84. The molecule has 2 heterocycles. The van der Waals surface area contributed by atoms with Crippen LogP contribution < -0.4 is 15.6 Å². The van der Waals surface area contributed by atoms with Gasteiger partial charge >= 0.3 is 0 Å². The van der Waals surface area contributed by atoms with E-state index in [0.29, 0.717) is 26.2 Å². The fourth-order valence-corrected chi connectivity index (χ4v) is 3.18. The average Bonchev–Trinajstić information content (AvgIpc) is 2.72. The number of aromatic nitrogens is 2. The van der Waals surface area contributed by atoms with Crippen LogP contribution in [0, 0.1) is 6.92 Å².